The van der Waals surface area contributed by atoms with Gasteiger partial charge in [-0.3, -0.25) is 19.3 Å². The zero-order valence-corrected chi connectivity index (χ0v) is 30.2. The van der Waals surface area contributed by atoms with Crippen molar-refractivity contribution in [3.63, 3.8) is 0 Å². The first-order chi connectivity index (χ1) is 24.7. The highest BCUT2D eigenvalue weighted by Gasteiger charge is 2.54. The SMILES string of the molecule is C[C@H](O/N=C(\C(=O)NC1C(=O)N2C(C(=O)[O-])=C(C[N+]3(C4CCN(C(=O)c5ccc(O)c(O)c5)CC4)CCCC3)CS[C@H]12)c1nc(N)sc1Cl)C(=O)O. The van der Waals surface area contributed by atoms with Crippen LogP contribution in [0.5, 0.6) is 11.5 Å². The molecular weight excluding hydrogens is 742 g/mol. The van der Waals surface area contributed by atoms with Gasteiger partial charge in [-0.15, -0.1) is 11.8 Å². The third-order valence-corrected chi connectivity index (χ3v) is 12.4. The molecule has 0 spiro atoms. The second-order valence-electron chi connectivity index (χ2n) is 13.1. The van der Waals surface area contributed by atoms with E-state index in [4.69, 9.17) is 22.2 Å². The lowest BCUT2D eigenvalue weighted by Gasteiger charge is -2.52. The molecule has 20 heteroatoms. The van der Waals surface area contributed by atoms with E-state index in [1.54, 1.807) is 4.90 Å². The lowest BCUT2D eigenvalue weighted by atomic mass is 9.97. The van der Waals surface area contributed by atoms with Crippen LogP contribution in [-0.2, 0) is 24.0 Å². The maximum atomic E-state index is 13.5. The van der Waals surface area contributed by atoms with Crippen LogP contribution in [0.1, 0.15) is 48.7 Å². The number of carboxylic acids is 2. The number of oxime groups is 1. The highest BCUT2D eigenvalue weighted by atomic mass is 35.5. The maximum Gasteiger partial charge on any atom is 0.347 e. The Morgan fingerprint density at radius 2 is 1.88 bits per heavy atom. The number of nitrogen functional groups attached to an aromatic ring is 1. The van der Waals surface area contributed by atoms with Gasteiger partial charge >= 0.3 is 5.97 Å². The number of aromatic nitrogens is 1. The summed E-state index contributed by atoms with van der Waals surface area (Å²) >= 11 is 8.34. The Morgan fingerprint density at radius 3 is 2.48 bits per heavy atom. The molecule has 6 N–H and O–H groups in total. The van der Waals surface area contributed by atoms with Gasteiger partial charge in [-0.05, 0) is 25.1 Å². The van der Waals surface area contributed by atoms with Gasteiger partial charge in [0.1, 0.15) is 28.0 Å². The van der Waals surface area contributed by atoms with E-state index >= 15 is 0 Å². The number of thiazole rings is 1. The smallest absolute Gasteiger partial charge is 0.347 e. The number of fused-ring (bicyclic) bond motifs is 1. The molecule has 0 saturated carbocycles. The minimum Gasteiger partial charge on any atom is -0.543 e. The molecular formula is C32H36ClN7O10S2. The number of amides is 3. The number of thioether (sulfide) groups is 1. The van der Waals surface area contributed by atoms with Gasteiger partial charge in [-0.2, -0.15) is 0 Å². The summed E-state index contributed by atoms with van der Waals surface area (Å²) in [5, 5.41) is 46.8. The van der Waals surface area contributed by atoms with Gasteiger partial charge in [0.2, 0.25) is 6.10 Å². The molecule has 0 aliphatic carbocycles. The van der Waals surface area contributed by atoms with E-state index in [2.05, 4.69) is 15.5 Å². The third-order valence-electron chi connectivity index (χ3n) is 9.93. The van der Waals surface area contributed by atoms with Crippen LogP contribution in [0.4, 0.5) is 5.13 Å². The van der Waals surface area contributed by atoms with Crippen LogP contribution in [0, 0.1) is 0 Å². The van der Waals surface area contributed by atoms with Crippen LogP contribution < -0.4 is 16.2 Å². The third kappa shape index (κ3) is 7.09. The van der Waals surface area contributed by atoms with Gasteiger partial charge in [0.05, 0.1) is 30.8 Å². The van der Waals surface area contributed by atoms with Crippen molar-refractivity contribution in [3.05, 3.63) is 45.1 Å². The highest BCUT2D eigenvalue weighted by molar-refractivity contribution is 8.00. The number of hydrogen-bond donors (Lipinski definition) is 5. The number of carbonyl (C=O) groups excluding carboxylic acids is 4. The molecule has 4 aliphatic rings. The van der Waals surface area contributed by atoms with Crippen molar-refractivity contribution in [1.82, 2.24) is 20.1 Å². The number of nitrogens with one attached hydrogen (secondary N) is 1. The van der Waals surface area contributed by atoms with Crippen LogP contribution in [-0.4, -0.2) is 132 Å². The molecule has 1 unspecified atom stereocenters. The van der Waals surface area contributed by atoms with Crippen molar-refractivity contribution in [2.24, 2.45) is 5.16 Å². The molecule has 5 heterocycles. The second kappa shape index (κ2) is 14.8. The fraction of sp³-hybridized carbons (Fsp3) is 0.469. The average Bonchev–Trinajstić information content (AvgIpc) is 3.73. The number of likely N-dealkylation sites (tertiary alicyclic amines) is 2. The van der Waals surface area contributed by atoms with Gasteiger partial charge in [0, 0.05) is 55.7 Å². The summed E-state index contributed by atoms with van der Waals surface area (Å²) in [7, 11) is 0. The van der Waals surface area contributed by atoms with Crippen molar-refractivity contribution in [2.75, 3.05) is 44.2 Å². The number of carbonyl (C=O) groups is 5. The van der Waals surface area contributed by atoms with Crippen molar-refractivity contribution < 1.29 is 53.7 Å². The highest BCUT2D eigenvalue weighted by Crippen LogP contribution is 2.42. The van der Waals surface area contributed by atoms with Gasteiger partial charge in [-0.25, -0.2) is 9.78 Å². The lowest BCUT2D eigenvalue weighted by Crippen LogP contribution is -2.72. The van der Waals surface area contributed by atoms with Gasteiger partial charge in [-0.1, -0.05) is 28.1 Å². The molecule has 2 aromatic rings. The first-order valence-electron chi connectivity index (χ1n) is 16.5. The van der Waals surface area contributed by atoms with Crippen molar-refractivity contribution in [2.45, 2.75) is 56.2 Å². The van der Waals surface area contributed by atoms with Gasteiger partial charge in [0.15, 0.2) is 22.3 Å². The first kappa shape index (κ1) is 37.2. The molecule has 17 nitrogen and oxygen atoms in total. The van der Waals surface area contributed by atoms with E-state index in [0.717, 1.165) is 42.2 Å². The van der Waals surface area contributed by atoms with Crippen molar-refractivity contribution in [1.29, 1.82) is 0 Å². The monoisotopic (exact) mass is 777 g/mol. The first-order valence-corrected chi connectivity index (χ1v) is 18.7. The Morgan fingerprint density at radius 1 is 1.19 bits per heavy atom. The largest absolute Gasteiger partial charge is 0.543 e. The number of aliphatic carboxylic acids is 2. The average molecular weight is 778 g/mol. The van der Waals surface area contributed by atoms with Crippen LogP contribution in [0.15, 0.2) is 34.6 Å². The number of quaternary nitrogens is 1. The van der Waals surface area contributed by atoms with Crippen molar-refractivity contribution in [3.8, 4) is 11.5 Å². The summed E-state index contributed by atoms with van der Waals surface area (Å²) in [6, 6.07) is 2.95. The molecule has 6 rings (SSSR count). The molecule has 3 atom stereocenters. The van der Waals surface area contributed by atoms with E-state index in [1.165, 1.54) is 36.9 Å². The quantitative estimate of drug-likeness (QED) is 0.0679. The van der Waals surface area contributed by atoms with Crippen LogP contribution in [0.3, 0.4) is 0 Å². The Kier molecular flexibility index (Phi) is 10.6. The summed E-state index contributed by atoms with van der Waals surface area (Å²) in [4.78, 5) is 75.9. The zero-order chi connectivity index (χ0) is 37.5. The van der Waals surface area contributed by atoms with E-state index in [0.29, 0.717) is 42.5 Å². The van der Waals surface area contributed by atoms with Gasteiger partial charge < -0.3 is 50.5 Å². The summed E-state index contributed by atoms with van der Waals surface area (Å²) < 4.78 is 0.598. The summed E-state index contributed by atoms with van der Waals surface area (Å²) in [5.74, 6) is -5.16. The number of aromatic hydroxyl groups is 2. The van der Waals surface area contributed by atoms with E-state index < -0.39 is 47.0 Å². The molecule has 1 aromatic carbocycles. The number of carboxylic acid groups (broad SMARTS) is 2. The molecule has 4 aliphatic heterocycles. The predicted molar refractivity (Wildman–Crippen MR) is 186 cm³/mol. The number of nitrogens with two attached hydrogens (primary N) is 1. The second-order valence-corrected chi connectivity index (χ2v) is 15.8. The summed E-state index contributed by atoms with van der Waals surface area (Å²) in [6.45, 7) is 4.12. The zero-order valence-electron chi connectivity index (χ0n) is 27.8. The fourth-order valence-corrected chi connectivity index (χ4v) is 9.55. The summed E-state index contributed by atoms with van der Waals surface area (Å²) in [5.41, 5.74) is 5.66. The predicted octanol–water partition coefficient (Wildman–Crippen LogP) is 0.303. The number of hydrogen-bond acceptors (Lipinski definition) is 14. The number of halogens is 1. The van der Waals surface area contributed by atoms with Crippen LogP contribution >= 0.6 is 34.7 Å². The maximum absolute atomic E-state index is 13.5. The standard InChI is InChI=1S/C32H36ClN7O10S2/c1-15(30(46)47)50-37-22(21-25(33)52-32(34)36-21)26(43)35-23-28(45)39-24(31(48)49)17(14-51-29(23)39)13-40(10-2-3-11-40)18-6-8-38(9-7-18)27(44)16-4-5-19(41)20(42)12-16/h4-5,12,15,18,23,29H,2-3,6-11,13-14H2,1H3,(H6-,34,35,36,37,41,42,43,44,46,47,48,49)/t15-,23?,29+/m0/s1. The number of phenolic OH excluding ortho intramolecular Hbond substituents is 2. The Bertz CT molecular complexity index is 1870. The molecule has 0 bridgehead atoms. The van der Waals surface area contributed by atoms with E-state index in [1.807, 2.05) is 0 Å². The van der Waals surface area contributed by atoms with E-state index in [9.17, 15) is 44.4 Å². The topological polar surface area (TPSA) is 248 Å². The minimum atomic E-state index is -1.50. The lowest BCUT2D eigenvalue weighted by molar-refractivity contribution is -0.937. The minimum absolute atomic E-state index is 0.00416. The number of rotatable bonds is 11. The van der Waals surface area contributed by atoms with Crippen LogP contribution in [0.25, 0.3) is 0 Å². The Balaban J connectivity index is 1.17. The molecule has 3 amide bonds. The number of anilines is 1. The Labute approximate surface area is 310 Å². The molecule has 3 saturated heterocycles. The van der Waals surface area contributed by atoms with E-state index in [-0.39, 0.29) is 55.6 Å². The number of phenols is 2. The van der Waals surface area contributed by atoms with Crippen molar-refractivity contribution >= 4 is 75.2 Å². The Hall–Kier alpha value is -4.59. The number of nitrogens with zero attached hydrogens (tertiary/aromatic N) is 5. The molecule has 278 valence electrons. The normalized spacial score (nSPS) is 22.4. The fourth-order valence-electron chi connectivity index (χ4n) is 7.29. The molecule has 52 heavy (non-hydrogen) atoms. The molecule has 0 radical (unpaired) electrons. The summed E-state index contributed by atoms with van der Waals surface area (Å²) in [6.07, 6.45) is 1.80. The van der Waals surface area contributed by atoms with Gasteiger partial charge in [0.25, 0.3) is 17.7 Å². The number of β-lactam (4-membered cyclic amide) rings is 1. The molecule has 1 aromatic heterocycles. The van der Waals surface area contributed by atoms with Crippen LogP contribution in [0.2, 0.25) is 4.34 Å². The number of benzene rings is 1. The molecule has 3 fully saturated rings. The number of piperidine rings is 1.